The Morgan fingerprint density at radius 2 is 2.26 bits per heavy atom. The third-order valence-electron chi connectivity index (χ3n) is 3.45. The van der Waals surface area contributed by atoms with E-state index in [-0.39, 0.29) is 23.7 Å². The fourth-order valence-electron chi connectivity index (χ4n) is 2.35. The molecule has 0 aliphatic carbocycles. The lowest BCUT2D eigenvalue weighted by Crippen LogP contribution is -2.23. The normalized spacial score (nSPS) is 18.8. The van der Waals surface area contributed by atoms with Crippen molar-refractivity contribution in [2.24, 2.45) is 5.92 Å². The van der Waals surface area contributed by atoms with Crippen LogP contribution in [0.15, 0.2) is 35.3 Å². The molecule has 2 aromatic rings. The molecule has 0 bridgehead atoms. The zero-order valence-corrected chi connectivity index (χ0v) is 10.4. The first kappa shape index (κ1) is 12.0. The summed E-state index contributed by atoms with van der Waals surface area (Å²) in [6.45, 7) is 1.33. The minimum atomic E-state index is -0.122. The lowest BCUT2D eigenvalue weighted by Gasteiger charge is -2.10. The van der Waals surface area contributed by atoms with Gasteiger partial charge in [0.1, 0.15) is 6.54 Å². The summed E-state index contributed by atoms with van der Waals surface area (Å²) in [6, 6.07) is 7.20. The van der Waals surface area contributed by atoms with Gasteiger partial charge in [-0.15, -0.1) is 0 Å². The number of hydrogen-bond acceptors (Lipinski definition) is 4. The Morgan fingerprint density at radius 1 is 1.42 bits per heavy atom. The van der Waals surface area contributed by atoms with Crippen LogP contribution in [0.2, 0.25) is 0 Å². The van der Waals surface area contributed by atoms with Crippen molar-refractivity contribution in [3.63, 3.8) is 0 Å². The van der Waals surface area contributed by atoms with Crippen LogP contribution in [-0.2, 0) is 16.1 Å². The maximum absolute atomic E-state index is 12.1. The molecule has 3 rings (SSSR count). The summed E-state index contributed by atoms with van der Waals surface area (Å²) < 4.78 is 6.82. The molecular weight excluding hydrogens is 244 g/mol. The van der Waals surface area contributed by atoms with E-state index in [1.165, 1.54) is 6.20 Å². The predicted molar refractivity (Wildman–Crippen MR) is 69.9 cm³/mol. The number of ether oxygens (including phenoxy) is 1. The average Bonchev–Trinajstić information content (AvgIpc) is 2.96. The van der Waals surface area contributed by atoms with E-state index in [4.69, 9.17) is 4.74 Å². The fraction of sp³-hybridized carbons (Fsp3) is 0.357. The van der Waals surface area contributed by atoms with Crippen LogP contribution in [0.4, 0.5) is 0 Å². The molecule has 0 saturated carbocycles. The number of ketones is 1. The van der Waals surface area contributed by atoms with Crippen molar-refractivity contribution < 1.29 is 9.53 Å². The molecule has 98 valence electrons. The van der Waals surface area contributed by atoms with E-state index < -0.39 is 0 Å². The number of fused-ring (bicyclic) bond motifs is 1. The summed E-state index contributed by atoms with van der Waals surface area (Å²) in [7, 11) is 0. The average molecular weight is 258 g/mol. The van der Waals surface area contributed by atoms with Gasteiger partial charge in [0, 0.05) is 17.9 Å². The van der Waals surface area contributed by atoms with Crippen LogP contribution in [0.3, 0.4) is 0 Å². The number of benzene rings is 1. The Kier molecular flexibility index (Phi) is 3.13. The molecule has 5 heteroatoms. The van der Waals surface area contributed by atoms with E-state index in [0.29, 0.717) is 24.1 Å². The number of rotatable bonds is 3. The van der Waals surface area contributed by atoms with Gasteiger partial charge < -0.3 is 4.74 Å². The number of para-hydroxylation sites is 1. The fourth-order valence-corrected chi connectivity index (χ4v) is 2.35. The highest BCUT2D eigenvalue weighted by Gasteiger charge is 2.23. The smallest absolute Gasteiger partial charge is 0.207 e. The van der Waals surface area contributed by atoms with Gasteiger partial charge in [0.15, 0.2) is 5.78 Å². The molecule has 1 unspecified atom stereocenters. The van der Waals surface area contributed by atoms with Gasteiger partial charge in [-0.25, -0.2) is 0 Å². The van der Waals surface area contributed by atoms with Crippen LogP contribution in [0.25, 0.3) is 10.9 Å². The molecule has 19 heavy (non-hydrogen) atoms. The molecular formula is C14H14N2O3. The number of aromatic nitrogens is 2. The lowest BCUT2D eigenvalue weighted by atomic mass is 10.0. The van der Waals surface area contributed by atoms with Gasteiger partial charge in [0.2, 0.25) is 5.43 Å². The molecule has 1 atom stereocenters. The summed E-state index contributed by atoms with van der Waals surface area (Å²) in [5.74, 6) is 0.0683. The zero-order valence-electron chi connectivity index (χ0n) is 10.4. The maximum atomic E-state index is 12.1. The second-order valence-electron chi connectivity index (χ2n) is 4.71. The van der Waals surface area contributed by atoms with Gasteiger partial charge in [-0.3, -0.25) is 14.3 Å². The molecule has 2 heterocycles. The maximum Gasteiger partial charge on any atom is 0.207 e. The van der Waals surface area contributed by atoms with E-state index in [1.807, 2.05) is 12.1 Å². The summed E-state index contributed by atoms with van der Waals surface area (Å²) in [5.41, 5.74) is 0.575. The van der Waals surface area contributed by atoms with Gasteiger partial charge in [-0.2, -0.15) is 5.10 Å². The second kappa shape index (κ2) is 4.93. The molecule has 0 radical (unpaired) electrons. The van der Waals surface area contributed by atoms with Gasteiger partial charge in [-0.1, -0.05) is 12.1 Å². The van der Waals surface area contributed by atoms with Crippen molar-refractivity contribution in [1.29, 1.82) is 0 Å². The Balaban J connectivity index is 1.95. The van der Waals surface area contributed by atoms with Gasteiger partial charge in [0.25, 0.3) is 0 Å². The van der Waals surface area contributed by atoms with E-state index in [2.05, 4.69) is 5.10 Å². The summed E-state index contributed by atoms with van der Waals surface area (Å²) >= 11 is 0. The van der Waals surface area contributed by atoms with Crippen molar-refractivity contribution >= 4 is 16.7 Å². The standard InChI is InChI=1S/C14H14N2O3/c17-13-7-15-16(12-4-2-1-3-11(12)13)8-14(18)10-5-6-19-9-10/h1-4,7,10H,5-6,8-9H2. The van der Waals surface area contributed by atoms with E-state index in [9.17, 15) is 9.59 Å². The molecule has 1 aromatic heterocycles. The van der Waals surface area contributed by atoms with Gasteiger partial charge in [0.05, 0.1) is 18.3 Å². The summed E-state index contributed by atoms with van der Waals surface area (Å²) in [4.78, 5) is 23.8. The molecule has 1 fully saturated rings. The van der Waals surface area contributed by atoms with E-state index in [0.717, 1.165) is 6.42 Å². The largest absolute Gasteiger partial charge is 0.381 e. The molecule has 0 N–H and O–H groups in total. The topological polar surface area (TPSA) is 61.2 Å². The quantitative estimate of drug-likeness (QED) is 0.824. The zero-order chi connectivity index (χ0) is 13.2. The van der Waals surface area contributed by atoms with E-state index >= 15 is 0 Å². The third-order valence-corrected chi connectivity index (χ3v) is 3.45. The summed E-state index contributed by atoms with van der Waals surface area (Å²) in [5, 5.41) is 4.65. The molecule has 0 amide bonds. The number of carbonyl (C=O) groups excluding carboxylic acids is 1. The van der Waals surface area contributed by atoms with E-state index in [1.54, 1.807) is 16.8 Å². The first-order chi connectivity index (χ1) is 9.25. The minimum Gasteiger partial charge on any atom is -0.381 e. The number of Topliss-reactive ketones (excluding diaryl/α,β-unsaturated/α-hetero) is 1. The number of hydrogen-bond donors (Lipinski definition) is 0. The van der Waals surface area contributed by atoms with Crippen molar-refractivity contribution in [2.45, 2.75) is 13.0 Å². The van der Waals surface area contributed by atoms with Crippen LogP contribution < -0.4 is 5.43 Å². The monoisotopic (exact) mass is 258 g/mol. The Hall–Kier alpha value is -2.01. The summed E-state index contributed by atoms with van der Waals surface area (Å²) in [6.07, 6.45) is 2.04. The van der Waals surface area contributed by atoms with Crippen LogP contribution in [0.5, 0.6) is 0 Å². The van der Waals surface area contributed by atoms with Gasteiger partial charge in [-0.05, 0) is 18.6 Å². The van der Waals surface area contributed by atoms with Gasteiger partial charge >= 0.3 is 0 Å². The Labute approximate surface area is 109 Å². The highest BCUT2D eigenvalue weighted by Crippen LogP contribution is 2.15. The molecule has 5 nitrogen and oxygen atoms in total. The van der Waals surface area contributed by atoms with Crippen molar-refractivity contribution in [3.8, 4) is 0 Å². The van der Waals surface area contributed by atoms with Crippen LogP contribution in [-0.4, -0.2) is 28.8 Å². The number of nitrogens with zero attached hydrogens (tertiary/aromatic N) is 2. The molecule has 1 saturated heterocycles. The molecule has 0 spiro atoms. The first-order valence-corrected chi connectivity index (χ1v) is 6.31. The van der Waals surface area contributed by atoms with Crippen LogP contribution >= 0.6 is 0 Å². The lowest BCUT2D eigenvalue weighted by molar-refractivity contribution is -0.123. The minimum absolute atomic E-state index is 0.0417. The van der Waals surface area contributed by atoms with Crippen molar-refractivity contribution in [2.75, 3.05) is 13.2 Å². The Morgan fingerprint density at radius 3 is 3.05 bits per heavy atom. The van der Waals surface area contributed by atoms with Crippen LogP contribution in [0.1, 0.15) is 6.42 Å². The SMILES string of the molecule is O=C(Cn1ncc(=O)c2ccccc21)C1CCOC1. The predicted octanol–water partition coefficient (Wildman–Crippen LogP) is 1.00. The highest BCUT2D eigenvalue weighted by atomic mass is 16.5. The highest BCUT2D eigenvalue weighted by molar-refractivity contribution is 5.84. The Bertz CT molecular complexity index is 672. The molecule has 1 aliphatic rings. The molecule has 1 aliphatic heterocycles. The van der Waals surface area contributed by atoms with Crippen molar-refractivity contribution in [1.82, 2.24) is 9.78 Å². The molecule has 1 aromatic carbocycles. The number of carbonyl (C=O) groups is 1. The second-order valence-corrected chi connectivity index (χ2v) is 4.71. The van der Waals surface area contributed by atoms with Crippen molar-refractivity contribution in [3.05, 3.63) is 40.7 Å². The third kappa shape index (κ3) is 2.29. The van der Waals surface area contributed by atoms with Crippen LogP contribution in [0, 0.1) is 5.92 Å². The first-order valence-electron chi connectivity index (χ1n) is 6.31.